The molecule has 0 saturated heterocycles. The highest BCUT2D eigenvalue weighted by Crippen LogP contribution is 2.25. The summed E-state index contributed by atoms with van der Waals surface area (Å²) in [7, 11) is 1.74. The van der Waals surface area contributed by atoms with Gasteiger partial charge < -0.3 is 5.32 Å². The molecule has 0 unspecified atom stereocenters. The minimum absolute atomic E-state index is 0.169. The lowest BCUT2D eigenvalue weighted by Gasteiger charge is -2.19. The molecule has 0 spiro atoms. The van der Waals surface area contributed by atoms with Crippen LogP contribution in [0.5, 0.6) is 0 Å². The second-order valence-electron chi connectivity index (χ2n) is 4.31. The zero-order valence-electron chi connectivity index (χ0n) is 10.9. The van der Waals surface area contributed by atoms with Crippen LogP contribution in [0.3, 0.4) is 0 Å². The molecule has 0 radical (unpaired) electrons. The van der Waals surface area contributed by atoms with E-state index < -0.39 is 0 Å². The average molecular weight is 319 g/mol. The maximum Gasteiger partial charge on any atom is 0.326 e. The number of anilines is 2. The normalized spacial score (nSPS) is 10.1. The van der Waals surface area contributed by atoms with Gasteiger partial charge in [0.2, 0.25) is 0 Å². The summed E-state index contributed by atoms with van der Waals surface area (Å²) in [6.45, 7) is 1.99. The molecular formula is C15H15BrN2O. The van der Waals surface area contributed by atoms with Gasteiger partial charge in [-0.2, -0.15) is 0 Å². The van der Waals surface area contributed by atoms with E-state index in [9.17, 15) is 4.79 Å². The van der Waals surface area contributed by atoms with Gasteiger partial charge in [-0.25, -0.2) is 4.79 Å². The summed E-state index contributed by atoms with van der Waals surface area (Å²) >= 11 is 3.44. The molecule has 2 aromatic carbocycles. The van der Waals surface area contributed by atoms with E-state index in [0.717, 1.165) is 21.4 Å². The Hall–Kier alpha value is -1.81. The van der Waals surface area contributed by atoms with Crippen LogP contribution in [0.4, 0.5) is 16.2 Å². The molecule has 2 rings (SSSR count). The predicted molar refractivity (Wildman–Crippen MR) is 82.7 cm³/mol. The molecule has 0 fully saturated rings. The van der Waals surface area contributed by atoms with E-state index in [0.29, 0.717) is 0 Å². The number of nitrogens with zero attached hydrogens (tertiary/aromatic N) is 1. The highest BCUT2D eigenvalue weighted by Gasteiger charge is 2.13. The first-order valence-corrected chi connectivity index (χ1v) is 6.73. The number of hydrogen-bond donors (Lipinski definition) is 1. The summed E-state index contributed by atoms with van der Waals surface area (Å²) in [5, 5.41) is 2.87. The largest absolute Gasteiger partial charge is 0.326 e. The smallest absolute Gasteiger partial charge is 0.308 e. The lowest BCUT2D eigenvalue weighted by atomic mass is 10.2. The van der Waals surface area contributed by atoms with Gasteiger partial charge in [0, 0.05) is 17.2 Å². The van der Waals surface area contributed by atoms with Crippen LogP contribution in [0.25, 0.3) is 0 Å². The first-order valence-electron chi connectivity index (χ1n) is 5.94. The lowest BCUT2D eigenvalue weighted by Crippen LogP contribution is -2.31. The molecule has 0 heterocycles. The average Bonchev–Trinajstić information content (AvgIpc) is 2.38. The minimum Gasteiger partial charge on any atom is -0.308 e. The molecule has 0 aliphatic carbocycles. The zero-order chi connectivity index (χ0) is 13.8. The molecule has 4 heteroatoms. The summed E-state index contributed by atoms with van der Waals surface area (Å²) in [6, 6.07) is 15.2. The monoisotopic (exact) mass is 318 g/mol. The Morgan fingerprint density at radius 1 is 1.16 bits per heavy atom. The molecule has 0 aliphatic heterocycles. The predicted octanol–water partition coefficient (Wildman–Crippen LogP) is 4.43. The van der Waals surface area contributed by atoms with E-state index >= 15 is 0 Å². The third-order valence-corrected chi connectivity index (χ3v) is 3.46. The number of benzene rings is 2. The fraction of sp³-hybridized carbons (Fsp3) is 0.133. The summed E-state index contributed by atoms with van der Waals surface area (Å²) < 4.78 is 0.886. The fourth-order valence-electron chi connectivity index (χ4n) is 1.76. The Labute approximate surface area is 121 Å². The Balaban J connectivity index is 2.14. The number of nitrogens with one attached hydrogen (secondary N) is 1. The van der Waals surface area contributed by atoms with Crippen molar-refractivity contribution in [3.63, 3.8) is 0 Å². The van der Waals surface area contributed by atoms with Crippen LogP contribution in [0, 0.1) is 6.92 Å². The molecule has 19 heavy (non-hydrogen) atoms. The number of amides is 2. The van der Waals surface area contributed by atoms with Crippen LogP contribution in [-0.4, -0.2) is 13.1 Å². The summed E-state index contributed by atoms with van der Waals surface area (Å²) in [5.74, 6) is 0. The van der Waals surface area contributed by atoms with Gasteiger partial charge in [-0.15, -0.1) is 0 Å². The van der Waals surface area contributed by atoms with Crippen LogP contribution >= 0.6 is 15.9 Å². The second kappa shape index (κ2) is 5.89. The summed E-state index contributed by atoms with van der Waals surface area (Å²) in [5.41, 5.74) is 2.73. The van der Waals surface area contributed by atoms with E-state index in [1.165, 1.54) is 0 Å². The zero-order valence-corrected chi connectivity index (χ0v) is 12.4. The van der Waals surface area contributed by atoms with E-state index in [2.05, 4.69) is 21.2 Å². The number of carbonyl (C=O) groups excluding carboxylic acids is 1. The molecule has 0 atom stereocenters. The molecule has 0 bridgehead atoms. The van der Waals surface area contributed by atoms with Gasteiger partial charge in [0.25, 0.3) is 0 Å². The maximum atomic E-state index is 12.2. The van der Waals surface area contributed by atoms with E-state index in [1.54, 1.807) is 11.9 Å². The number of rotatable bonds is 2. The molecule has 3 nitrogen and oxygen atoms in total. The van der Waals surface area contributed by atoms with Crippen molar-refractivity contribution in [2.45, 2.75) is 6.92 Å². The summed E-state index contributed by atoms with van der Waals surface area (Å²) in [6.07, 6.45) is 0. The maximum absolute atomic E-state index is 12.2. The topological polar surface area (TPSA) is 32.3 Å². The van der Waals surface area contributed by atoms with Crippen molar-refractivity contribution in [2.75, 3.05) is 17.3 Å². The Morgan fingerprint density at radius 3 is 2.58 bits per heavy atom. The lowest BCUT2D eigenvalue weighted by molar-refractivity contribution is 0.258. The van der Waals surface area contributed by atoms with E-state index in [1.807, 2.05) is 55.5 Å². The molecular weight excluding hydrogens is 304 g/mol. The standard InChI is InChI=1S/C15H15BrN2O/c1-11-6-5-7-12(10-11)17-15(19)18(2)14-9-4-3-8-13(14)16/h3-10H,1-2H3,(H,17,19). The molecule has 0 saturated carbocycles. The van der Waals surface area contributed by atoms with Crippen molar-refractivity contribution in [3.05, 3.63) is 58.6 Å². The number of carbonyl (C=O) groups is 1. The van der Waals surface area contributed by atoms with Gasteiger partial charge in [-0.05, 0) is 52.7 Å². The van der Waals surface area contributed by atoms with E-state index in [-0.39, 0.29) is 6.03 Å². The number of aryl methyl sites for hydroxylation is 1. The second-order valence-corrected chi connectivity index (χ2v) is 5.16. The van der Waals surface area contributed by atoms with Crippen LogP contribution < -0.4 is 10.2 Å². The first-order chi connectivity index (χ1) is 9.08. The van der Waals surface area contributed by atoms with Gasteiger partial charge in [0.05, 0.1) is 5.69 Å². The van der Waals surface area contributed by atoms with Crippen LogP contribution in [-0.2, 0) is 0 Å². The van der Waals surface area contributed by atoms with Crippen LogP contribution in [0.15, 0.2) is 53.0 Å². The first kappa shape index (κ1) is 13.6. The molecule has 0 aromatic heterocycles. The fourth-order valence-corrected chi connectivity index (χ4v) is 2.31. The third kappa shape index (κ3) is 3.35. The third-order valence-electron chi connectivity index (χ3n) is 2.79. The van der Waals surface area contributed by atoms with Crippen molar-refractivity contribution in [1.29, 1.82) is 0 Å². The number of urea groups is 1. The van der Waals surface area contributed by atoms with Crippen molar-refractivity contribution >= 4 is 33.3 Å². The number of para-hydroxylation sites is 1. The Morgan fingerprint density at radius 2 is 1.89 bits per heavy atom. The number of halogens is 1. The summed E-state index contributed by atoms with van der Waals surface area (Å²) in [4.78, 5) is 13.7. The molecule has 2 aromatic rings. The van der Waals surface area contributed by atoms with Gasteiger partial charge in [0.1, 0.15) is 0 Å². The highest BCUT2D eigenvalue weighted by molar-refractivity contribution is 9.10. The number of hydrogen-bond acceptors (Lipinski definition) is 1. The van der Waals surface area contributed by atoms with Gasteiger partial charge in [0.15, 0.2) is 0 Å². The Kier molecular flexibility index (Phi) is 4.22. The van der Waals surface area contributed by atoms with Crippen LogP contribution in [0.1, 0.15) is 5.56 Å². The van der Waals surface area contributed by atoms with Crippen LogP contribution in [0.2, 0.25) is 0 Å². The van der Waals surface area contributed by atoms with Gasteiger partial charge in [-0.3, -0.25) is 4.90 Å². The van der Waals surface area contributed by atoms with Crippen molar-refractivity contribution in [1.82, 2.24) is 0 Å². The highest BCUT2D eigenvalue weighted by atomic mass is 79.9. The SMILES string of the molecule is Cc1cccc(NC(=O)N(C)c2ccccc2Br)c1. The van der Waals surface area contributed by atoms with E-state index in [4.69, 9.17) is 0 Å². The molecule has 1 N–H and O–H groups in total. The minimum atomic E-state index is -0.169. The van der Waals surface area contributed by atoms with Crippen molar-refractivity contribution in [2.24, 2.45) is 0 Å². The molecule has 2 amide bonds. The van der Waals surface area contributed by atoms with Gasteiger partial charge >= 0.3 is 6.03 Å². The van der Waals surface area contributed by atoms with Gasteiger partial charge in [-0.1, -0.05) is 24.3 Å². The Bertz CT molecular complexity index is 598. The molecule has 0 aliphatic rings. The quantitative estimate of drug-likeness (QED) is 0.873. The van der Waals surface area contributed by atoms with Crippen molar-refractivity contribution < 1.29 is 4.79 Å². The van der Waals surface area contributed by atoms with Crippen molar-refractivity contribution in [3.8, 4) is 0 Å². The molecule has 98 valence electrons.